The zero-order chi connectivity index (χ0) is 17.8. The maximum atomic E-state index is 12.4. The third kappa shape index (κ3) is 4.07. The number of ether oxygens (including phenoxy) is 1. The maximum absolute atomic E-state index is 12.4. The van der Waals surface area contributed by atoms with Crippen LogP contribution in [0, 0.1) is 0 Å². The van der Waals surface area contributed by atoms with E-state index in [-0.39, 0.29) is 5.91 Å². The van der Waals surface area contributed by atoms with Gasteiger partial charge in [-0.05, 0) is 36.4 Å². The maximum Gasteiger partial charge on any atom is 0.255 e. The molecule has 1 heterocycles. The summed E-state index contributed by atoms with van der Waals surface area (Å²) >= 11 is 11.8. The molecule has 1 aromatic heterocycles. The molecule has 0 spiro atoms. The fourth-order valence-corrected chi connectivity index (χ4v) is 2.48. The van der Waals surface area contributed by atoms with Crippen molar-refractivity contribution in [3.8, 4) is 17.1 Å². The van der Waals surface area contributed by atoms with Gasteiger partial charge in [-0.3, -0.25) is 4.79 Å². The normalized spacial score (nSPS) is 10.4. The van der Waals surface area contributed by atoms with Crippen molar-refractivity contribution in [3.63, 3.8) is 0 Å². The van der Waals surface area contributed by atoms with Crippen molar-refractivity contribution < 1.29 is 9.53 Å². The molecule has 3 rings (SSSR count). The van der Waals surface area contributed by atoms with Gasteiger partial charge in [0.25, 0.3) is 5.91 Å². The first-order chi connectivity index (χ1) is 12.1. The van der Waals surface area contributed by atoms with Crippen molar-refractivity contribution in [1.29, 1.82) is 0 Å². The molecular formula is C18H13Cl2N3O2. The summed E-state index contributed by atoms with van der Waals surface area (Å²) in [4.78, 5) is 12.4. The van der Waals surface area contributed by atoms with Gasteiger partial charge < -0.3 is 10.1 Å². The van der Waals surface area contributed by atoms with Gasteiger partial charge in [-0.15, -0.1) is 10.2 Å². The number of hydrogen-bond acceptors (Lipinski definition) is 4. The number of rotatable bonds is 4. The van der Waals surface area contributed by atoms with E-state index < -0.39 is 0 Å². The highest BCUT2D eigenvalue weighted by molar-refractivity contribution is 6.42. The monoisotopic (exact) mass is 373 g/mol. The van der Waals surface area contributed by atoms with Gasteiger partial charge in [0, 0.05) is 22.9 Å². The summed E-state index contributed by atoms with van der Waals surface area (Å²) in [5, 5.41) is 11.6. The summed E-state index contributed by atoms with van der Waals surface area (Å²) < 4.78 is 5.00. The molecule has 7 heteroatoms. The van der Waals surface area contributed by atoms with Crippen LogP contribution in [-0.2, 0) is 0 Å². The summed E-state index contributed by atoms with van der Waals surface area (Å²) in [5.74, 6) is 0.157. The number of benzene rings is 2. The Morgan fingerprint density at radius 2 is 1.84 bits per heavy atom. The Labute approximate surface area is 154 Å². The van der Waals surface area contributed by atoms with Crippen LogP contribution in [0.4, 0.5) is 5.69 Å². The minimum atomic E-state index is -0.281. The topological polar surface area (TPSA) is 64.1 Å². The highest BCUT2D eigenvalue weighted by atomic mass is 35.5. The first-order valence-electron chi connectivity index (χ1n) is 7.31. The van der Waals surface area contributed by atoms with Crippen molar-refractivity contribution >= 4 is 34.8 Å². The number of aromatic nitrogens is 2. The second-order valence-corrected chi connectivity index (χ2v) is 5.94. The molecule has 3 aromatic rings. The van der Waals surface area contributed by atoms with Crippen molar-refractivity contribution in [2.24, 2.45) is 0 Å². The Balaban J connectivity index is 1.81. The zero-order valence-electron chi connectivity index (χ0n) is 13.2. The van der Waals surface area contributed by atoms with Gasteiger partial charge in [-0.25, -0.2) is 0 Å². The Morgan fingerprint density at radius 1 is 1.00 bits per heavy atom. The average Bonchev–Trinajstić information content (AvgIpc) is 2.64. The van der Waals surface area contributed by atoms with Gasteiger partial charge in [0.1, 0.15) is 0 Å². The predicted octanol–water partition coefficient (Wildman–Crippen LogP) is 4.71. The van der Waals surface area contributed by atoms with Crippen LogP contribution in [0.15, 0.2) is 54.6 Å². The third-order valence-corrected chi connectivity index (χ3v) is 4.19. The number of nitrogens with zero attached hydrogens (tertiary/aromatic N) is 2. The molecule has 2 aromatic carbocycles. The summed E-state index contributed by atoms with van der Waals surface area (Å²) in [5.41, 5.74) is 2.55. The Morgan fingerprint density at radius 3 is 2.52 bits per heavy atom. The lowest BCUT2D eigenvalue weighted by atomic mass is 10.1. The van der Waals surface area contributed by atoms with Crippen LogP contribution < -0.4 is 10.1 Å². The number of hydrogen-bond donors (Lipinski definition) is 1. The molecule has 0 saturated heterocycles. The Kier molecular flexibility index (Phi) is 5.16. The molecule has 1 N–H and O–H groups in total. The van der Waals surface area contributed by atoms with Crippen LogP contribution in [0.3, 0.4) is 0 Å². The SMILES string of the molecule is COc1ccc(-c2cccc(NC(=O)c3ccc(Cl)c(Cl)c3)c2)nn1. The van der Waals surface area contributed by atoms with Gasteiger partial charge in [-0.2, -0.15) is 0 Å². The molecule has 0 bridgehead atoms. The molecule has 25 heavy (non-hydrogen) atoms. The summed E-state index contributed by atoms with van der Waals surface area (Å²) in [6.45, 7) is 0. The second kappa shape index (κ2) is 7.51. The van der Waals surface area contributed by atoms with Gasteiger partial charge in [-0.1, -0.05) is 35.3 Å². The summed E-state index contributed by atoms with van der Waals surface area (Å²) in [6.07, 6.45) is 0. The van der Waals surface area contributed by atoms with E-state index >= 15 is 0 Å². The fraction of sp³-hybridized carbons (Fsp3) is 0.0556. The van der Waals surface area contributed by atoms with Crippen molar-refractivity contribution in [2.75, 3.05) is 12.4 Å². The molecule has 0 saturated carbocycles. The van der Waals surface area contributed by atoms with Crippen molar-refractivity contribution in [2.45, 2.75) is 0 Å². The number of anilines is 1. The van der Waals surface area contributed by atoms with Crippen LogP contribution in [0.1, 0.15) is 10.4 Å². The van der Waals surface area contributed by atoms with Crippen molar-refractivity contribution in [1.82, 2.24) is 10.2 Å². The Bertz CT molecular complexity index is 914. The fourth-order valence-electron chi connectivity index (χ4n) is 2.18. The standard InChI is InChI=1S/C18H13Cl2N3O2/c1-25-17-8-7-16(22-23-17)11-3-2-4-13(9-11)21-18(24)12-5-6-14(19)15(20)10-12/h2-10H,1H3,(H,21,24). The van der Waals surface area contributed by atoms with Gasteiger partial charge in [0.05, 0.1) is 22.8 Å². The molecule has 126 valence electrons. The van der Waals surface area contributed by atoms with Crippen molar-refractivity contribution in [3.05, 3.63) is 70.2 Å². The number of methoxy groups -OCH3 is 1. The molecule has 0 radical (unpaired) electrons. The molecule has 0 unspecified atom stereocenters. The molecule has 0 aliphatic heterocycles. The Hall–Kier alpha value is -2.63. The van der Waals surface area contributed by atoms with Crippen LogP contribution in [0.2, 0.25) is 10.0 Å². The lowest BCUT2D eigenvalue weighted by molar-refractivity contribution is 0.102. The van der Waals surface area contributed by atoms with E-state index in [0.29, 0.717) is 32.9 Å². The van der Waals surface area contributed by atoms with E-state index in [2.05, 4.69) is 15.5 Å². The number of carbonyl (C=O) groups is 1. The number of nitrogens with one attached hydrogen (secondary N) is 1. The number of amides is 1. The van der Waals surface area contributed by atoms with Crippen LogP contribution >= 0.6 is 23.2 Å². The first-order valence-corrected chi connectivity index (χ1v) is 8.07. The molecule has 0 atom stereocenters. The number of halogens is 2. The highest BCUT2D eigenvalue weighted by Crippen LogP contribution is 2.24. The van der Waals surface area contributed by atoms with Crippen LogP contribution in [0.5, 0.6) is 5.88 Å². The van der Waals surface area contributed by atoms with E-state index in [4.69, 9.17) is 27.9 Å². The van der Waals surface area contributed by atoms with Gasteiger partial charge >= 0.3 is 0 Å². The van der Waals surface area contributed by atoms with E-state index in [1.54, 1.807) is 30.3 Å². The predicted molar refractivity (Wildman–Crippen MR) is 98.4 cm³/mol. The van der Waals surface area contributed by atoms with Gasteiger partial charge in [0.2, 0.25) is 5.88 Å². The van der Waals surface area contributed by atoms with Crippen LogP contribution in [0.25, 0.3) is 11.3 Å². The molecule has 0 aliphatic rings. The lowest BCUT2D eigenvalue weighted by Crippen LogP contribution is -2.11. The average molecular weight is 374 g/mol. The third-order valence-electron chi connectivity index (χ3n) is 3.45. The van der Waals surface area contributed by atoms with E-state index in [1.165, 1.54) is 13.2 Å². The largest absolute Gasteiger partial charge is 0.480 e. The summed E-state index contributed by atoms with van der Waals surface area (Å²) in [6, 6.07) is 15.6. The van der Waals surface area contributed by atoms with Crippen LogP contribution in [-0.4, -0.2) is 23.2 Å². The summed E-state index contributed by atoms with van der Waals surface area (Å²) in [7, 11) is 1.53. The second-order valence-electron chi connectivity index (χ2n) is 5.12. The van der Waals surface area contributed by atoms with E-state index in [9.17, 15) is 4.79 Å². The molecule has 5 nitrogen and oxygen atoms in total. The first kappa shape index (κ1) is 17.2. The molecule has 0 aliphatic carbocycles. The number of carbonyl (C=O) groups excluding carboxylic acids is 1. The van der Waals surface area contributed by atoms with E-state index in [0.717, 1.165) is 5.56 Å². The smallest absolute Gasteiger partial charge is 0.255 e. The molecule has 0 fully saturated rings. The zero-order valence-corrected chi connectivity index (χ0v) is 14.7. The van der Waals surface area contributed by atoms with Gasteiger partial charge in [0.15, 0.2) is 0 Å². The quantitative estimate of drug-likeness (QED) is 0.718. The molecule has 1 amide bonds. The van der Waals surface area contributed by atoms with E-state index in [1.807, 2.05) is 18.2 Å². The molecular weight excluding hydrogens is 361 g/mol. The minimum absolute atomic E-state index is 0.281. The minimum Gasteiger partial charge on any atom is -0.480 e. The lowest BCUT2D eigenvalue weighted by Gasteiger charge is -2.08. The highest BCUT2D eigenvalue weighted by Gasteiger charge is 2.09.